The van der Waals surface area contributed by atoms with Crippen molar-refractivity contribution >= 4 is 11.9 Å². The minimum atomic E-state index is -0.883. The molecule has 26 heavy (non-hydrogen) atoms. The van der Waals surface area contributed by atoms with Gasteiger partial charge < -0.3 is 29.2 Å². The van der Waals surface area contributed by atoms with E-state index in [0.29, 0.717) is 26.1 Å². The summed E-state index contributed by atoms with van der Waals surface area (Å²) in [7, 11) is 0. The molecule has 0 bridgehead atoms. The number of hydrogen-bond donors (Lipinski definition) is 2. The van der Waals surface area contributed by atoms with Crippen molar-refractivity contribution in [1.82, 2.24) is 0 Å². The van der Waals surface area contributed by atoms with Crippen LogP contribution < -0.4 is 0 Å². The van der Waals surface area contributed by atoms with E-state index in [0.717, 1.165) is 0 Å². The molecule has 0 saturated heterocycles. The Hall–Kier alpha value is -1.74. The molecule has 0 spiro atoms. The zero-order valence-corrected chi connectivity index (χ0v) is 15.6. The second-order valence-corrected chi connectivity index (χ2v) is 5.92. The smallest absolute Gasteiger partial charge is 0.333 e. The lowest BCUT2D eigenvalue weighted by atomic mass is 10.3. The number of esters is 2. The van der Waals surface area contributed by atoms with Crippen LogP contribution in [-0.2, 0) is 28.5 Å². The third-order valence-electron chi connectivity index (χ3n) is 2.96. The molecule has 0 aromatic heterocycles. The molecule has 0 aliphatic heterocycles. The van der Waals surface area contributed by atoms with E-state index in [1.54, 1.807) is 0 Å². The van der Waals surface area contributed by atoms with Crippen molar-refractivity contribution in [2.75, 3.05) is 39.6 Å². The Bertz CT molecular complexity index is 418. The fourth-order valence-electron chi connectivity index (χ4n) is 1.53. The number of ether oxygens (including phenoxy) is 4. The maximum Gasteiger partial charge on any atom is 0.333 e. The van der Waals surface area contributed by atoms with Gasteiger partial charge in [-0.3, -0.25) is 0 Å². The van der Waals surface area contributed by atoms with Crippen LogP contribution in [0.1, 0.15) is 26.7 Å². The Morgan fingerprint density at radius 2 is 1.12 bits per heavy atom. The summed E-state index contributed by atoms with van der Waals surface area (Å²) < 4.78 is 20.1. The van der Waals surface area contributed by atoms with E-state index in [-0.39, 0.29) is 37.6 Å². The molecule has 0 radical (unpaired) electrons. The third kappa shape index (κ3) is 13.5. The predicted octanol–water partition coefficient (Wildman–Crippen LogP) is 0.760. The van der Waals surface area contributed by atoms with Gasteiger partial charge in [-0.15, -0.1) is 0 Å². The Balaban J connectivity index is 3.47. The molecule has 0 aromatic rings. The second-order valence-electron chi connectivity index (χ2n) is 5.92. The van der Waals surface area contributed by atoms with Crippen LogP contribution in [0.3, 0.4) is 0 Å². The first-order valence-electron chi connectivity index (χ1n) is 8.41. The summed E-state index contributed by atoms with van der Waals surface area (Å²) in [6.07, 6.45) is -0.351. The number of unbranched alkanes of at least 4 members (excludes halogenated alkanes) is 1. The Morgan fingerprint density at radius 1 is 0.769 bits per heavy atom. The normalized spacial score (nSPS) is 12.9. The van der Waals surface area contributed by atoms with Gasteiger partial charge in [0.15, 0.2) is 0 Å². The molecule has 0 heterocycles. The van der Waals surface area contributed by atoms with Crippen molar-refractivity contribution < 1.29 is 38.7 Å². The molecule has 0 saturated carbocycles. The van der Waals surface area contributed by atoms with Gasteiger partial charge in [0.05, 0.1) is 13.2 Å². The van der Waals surface area contributed by atoms with Gasteiger partial charge in [0.25, 0.3) is 0 Å². The highest BCUT2D eigenvalue weighted by Crippen LogP contribution is 1.98. The largest absolute Gasteiger partial charge is 0.460 e. The lowest BCUT2D eigenvalue weighted by Gasteiger charge is -2.13. The minimum absolute atomic E-state index is 0.0666. The van der Waals surface area contributed by atoms with Gasteiger partial charge in [-0.1, -0.05) is 13.2 Å². The van der Waals surface area contributed by atoms with Crippen LogP contribution in [0.2, 0.25) is 0 Å². The Morgan fingerprint density at radius 3 is 1.42 bits per heavy atom. The van der Waals surface area contributed by atoms with Crippen LogP contribution in [0.5, 0.6) is 0 Å². The standard InChI is InChI=1S/C18H30O8/c1-13(2)17(21)25-11-15(19)9-23-7-5-6-8-24-10-16(20)12-26-18(22)14(3)4/h15-16,19-20H,1,3,5-12H2,2,4H3. The van der Waals surface area contributed by atoms with Crippen molar-refractivity contribution in [3.05, 3.63) is 24.3 Å². The van der Waals surface area contributed by atoms with Gasteiger partial charge in [0.1, 0.15) is 25.4 Å². The van der Waals surface area contributed by atoms with Crippen LogP contribution >= 0.6 is 0 Å². The van der Waals surface area contributed by atoms with Crippen LogP contribution in [0.4, 0.5) is 0 Å². The van der Waals surface area contributed by atoms with Gasteiger partial charge in [-0.2, -0.15) is 0 Å². The van der Waals surface area contributed by atoms with E-state index in [2.05, 4.69) is 13.2 Å². The van der Waals surface area contributed by atoms with Gasteiger partial charge in [-0.25, -0.2) is 9.59 Å². The molecule has 2 N–H and O–H groups in total. The molecule has 0 aliphatic carbocycles. The van der Waals surface area contributed by atoms with E-state index < -0.39 is 24.1 Å². The molecular weight excluding hydrogens is 344 g/mol. The predicted molar refractivity (Wildman–Crippen MR) is 94.4 cm³/mol. The number of hydrogen-bond acceptors (Lipinski definition) is 8. The molecule has 2 unspecified atom stereocenters. The molecular formula is C18H30O8. The highest BCUT2D eigenvalue weighted by atomic mass is 16.6. The van der Waals surface area contributed by atoms with Gasteiger partial charge >= 0.3 is 11.9 Å². The molecule has 8 heteroatoms. The average Bonchev–Trinajstić information content (AvgIpc) is 2.59. The topological polar surface area (TPSA) is 112 Å². The molecule has 0 aliphatic rings. The van der Waals surface area contributed by atoms with Crippen molar-refractivity contribution in [1.29, 1.82) is 0 Å². The Kier molecular flexibility index (Phi) is 13.5. The minimum Gasteiger partial charge on any atom is -0.460 e. The van der Waals surface area contributed by atoms with E-state index >= 15 is 0 Å². The van der Waals surface area contributed by atoms with Crippen molar-refractivity contribution in [3.63, 3.8) is 0 Å². The molecule has 0 rings (SSSR count). The Labute approximate surface area is 154 Å². The van der Waals surface area contributed by atoms with E-state index in [1.807, 2.05) is 0 Å². The van der Waals surface area contributed by atoms with Gasteiger partial charge in [0.2, 0.25) is 0 Å². The fourth-order valence-corrected chi connectivity index (χ4v) is 1.53. The lowest BCUT2D eigenvalue weighted by Crippen LogP contribution is -2.24. The number of aliphatic hydroxyl groups excluding tert-OH is 2. The lowest BCUT2D eigenvalue weighted by molar-refractivity contribution is -0.144. The maximum absolute atomic E-state index is 11.1. The van der Waals surface area contributed by atoms with Crippen LogP contribution in [0.15, 0.2) is 24.3 Å². The number of aliphatic hydroxyl groups is 2. The van der Waals surface area contributed by atoms with Crippen molar-refractivity contribution in [2.24, 2.45) is 0 Å². The summed E-state index contributed by atoms with van der Waals surface area (Å²) in [6, 6.07) is 0. The fraction of sp³-hybridized carbons (Fsp3) is 0.667. The molecule has 2 atom stereocenters. The van der Waals surface area contributed by atoms with Crippen molar-refractivity contribution in [2.45, 2.75) is 38.9 Å². The quantitative estimate of drug-likeness (QED) is 0.245. The van der Waals surface area contributed by atoms with E-state index in [1.165, 1.54) is 13.8 Å². The van der Waals surface area contributed by atoms with Crippen LogP contribution in [-0.4, -0.2) is 74.0 Å². The summed E-state index contributed by atoms with van der Waals surface area (Å²) in [6.45, 7) is 10.6. The summed E-state index contributed by atoms with van der Waals surface area (Å²) in [4.78, 5) is 22.3. The SMILES string of the molecule is C=C(C)C(=O)OCC(O)COCCCCOCC(O)COC(=O)C(=C)C. The maximum atomic E-state index is 11.1. The van der Waals surface area contributed by atoms with E-state index in [4.69, 9.17) is 18.9 Å². The first-order valence-corrected chi connectivity index (χ1v) is 8.41. The number of carbonyl (C=O) groups is 2. The first-order chi connectivity index (χ1) is 12.2. The summed E-state index contributed by atoms with van der Waals surface area (Å²) in [5.41, 5.74) is 0.550. The molecule has 0 amide bonds. The summed E-state index contributed by atoms with van der Waals surface area (Å²) in [5, 5.41) is 19.2. The monoisotopic (exact) mass is 374 g/mol. The van der Waals surface area contributed by atoms with Crippen LogP contribution in [0.25, 0.3) is 0 Å². The highest BCUT2D eigenvalue weighted by molar-refractivity contribution is 5.87. The summed E-state index contributed by atoms with van der Waals surface area (Å²) >= 11 is 0. The third-order valence-corrected chi connectivity index (χ3v) is 2.96. The zero-order chi connectivity index (χ0) is 19.9. The molecule has 8 nitrogen and oxygen atoms in total. The number of rotatable bonds is 15. The average molecular weight is 374 g/mol. The molecule has 0 aromatic carbocycles. The second kappa shape index (κ2) is 14.4. The summed E-state index contributed by atoms with van der Waals surface area (Å²) in [5.74, 6) is -1.09. The van der Waals surface area contributed by atoms with Gasteiger partial charge in [-0.05, 0) is 26.7 Å². The first kappa shape index (κ1) is 24.3. The zero-order valence-electron chi connectivity index (χ0n) is 15.6. The number of carbonyl (C=O) groups excluding carboxylic acids is 2. The van der Waals surface area contributed by atoms with Gasteiger partial charge in [0, 0.05) is 24.4 Å². The van der Waals surface area contributed by atoms with E-state index in [9.17, 15) is 19.8 Å². The van der Waals surface area contributed by atoms with Crippen LogP contribution in [0, 0.1) is 0 Å². The highest BCUT2D eigenvalue weighted by Gasteiger charge is 2.10. The molecule has 0 fully saturated rings. The van der Waals surface area contributed by atoms with Crippen molar-refractivity contribution in [3.8, 4) is 0 Å². The molecule has 150 valence electrons.